The van der Waals surface area contributed by atoms with Gasteiger partial charge in [-0.2, -0.15) is 0 Å². The van der Waals surface area contributed by atoms with Gasteiger partial charge in [0.15, 0.2) is 0 Å². The van der Waals surface area contributed by atoms with E-state index in [0.717, 1.165) is 25.7 Å². The molecular formula is C32H63N3O6. The van der Waals surface area contributed by atoms with Crippen molar-refractivity contribution >= 4 is 17.7 Å². The van der Waals surface area contributed by atoms with Gasteiger partial charge in [0.05, 0.1) is 26.4 Å². The number of rotatable bonds is 31. The van der Waals surface area contributed by atoms with Crippen LogP contribution < -0.4 is 16.0 Å². The van der Waals surface area contributed by atoms with Gasteiger partial charge in [-0.05, 0) is 19.3 Å². The van der Waals surface area contributed by atoms with E-state index in [9.17, 15) is 14.4 Å². The van der Waals surface area contributed by atoms with E-state index in [0.29, 0.717) is 32.9 Å². The lowest BCUT2D eigenvalue weighted by Crippen LogP contribution is -2.48. The number of amides is 3. The summed E-state index contributed by atoms with van der Waals surface area (Å²) in [6, 6.07) is -0.771. The Morgan fingerprint density at radius 2 is 1.07 bits per heavy atom. The number of hydrogen-bond donors (Lipinski definition) is 3. The van der Waals surface area contributed by atoms with E-state index >= 15 is 0 Å². The van der Waals surface area contributed by atoms with Gasteiger partial charge in [-0.3, -0.25) is 14.4 Å². The lowest BCUT2D eigenvalue weighted by molar-refractivity contribution is -0.132. The molecule has 0 saturated carbocycles. The minimum Gasteiger partial charge on any atom is -0.382 e. The molecule has 1 atom stereocenters. The van der Waals surface area contributed by atoms with Crippen molar-refractivity contribution < 1.29 is 28.6 Å². The Kier molecular flexibility index (Phi) is 29.9. The number of methoxy groups -OCH3 is 1. The molecule has 242 valence electrons. The van der Waals surface area contributed by atoms with Crippen molar-refractivity contribution in [3.05, 3.63) is 0 Å². The monoisotopic (exact) mass is 585 g/mol. The Hall–Kier alpha value is -1.71. The van der Waals surface area contributed by atoms with Crippen LogP contribution in [0.1, 0.15) is 129 Å². The first-order valence-corrected chi connectivity index (χ1v) is 16.5. The average molecular weight is 586 g/mol. The van der Waals surface area contributed by atoms with Gasteiger partial charge in [0.25, 0.3) is 0 Å². The molecule has 41 heavy (non-hydrogen) atoms. The normalized spacial score (nSPS) is 11.8. The highest BCUT2D eigenvalue weighted by atomic mass is 16.5. The smallest absolute Gasteiger partial charge is 0.246 e. The first-order valence-electron chi connectivity index (χ1n) is 16.5. The molecule has 0 spiro atoms. The first-order chi connectivity index (χ1) is 20.0. The fourth-order valence-electron chi connectivity index (χ4n) is 4.48. The summed E-state index contributed by atoms with van der Waals surface area (Å²) < 4.78 is 15.6. The van der Waals surface area contributed by atoms with Gasteiger partial charge in [-0.15, -0.1) is 0 Å². The molecule has 3 amide bonds. The maximum Gasteiger partial charge on any atom is 0.246 e. The van der Waals surface area contributed by atoms with Crippen LogP contribution in [-0.4, -0.2) is 77.0 Å². The molecule has 0 saturated heterocycles. The maximum atomic E-state index is 12.9. The Balaban J connectivity index is 4.37. The summed E-state index contributed by atoms with van der Waals surface area (Å²) in [5.74, 6) is -0.721. The zero-order valence-corrected chi connectivity index (χ0v) is 26.7. The van der Waals surface area contributed by atoms with Crippen LogP contribution in [-0.2, 0) is 28.6 Å². The van der Waals surface area contributed by atoms with E-state index in [1.165, 1.54) is 77.0 Å². The van der Waals surface area contributed by atoms with Crippen molar-refractivity contribution in [3.63, 3.8) is 0 Å². The molecule has 0 fully saturated rings. The van der Waals surface area contributed by atoms with Crippen LogP contribution in [0, 0.1) is 0 Å². The SMILES string of the molecule is CCCCCCCCCCNC(=O)CC[C@H](NC(=O)COCCOCCOC)C(=O)NCCCCCCCCCC. The van der Waals surface area contributed by atoms with E-state index < -0.39 is 6.04 Å². The molecule has 0 aromatic heterocycles. The molecule has 0 aliphatic rings. The van der Waals surface area contributed by atoms with Crippen LogP contribution in [0.3, 0.4) is 0 Å². The van der Waals surface area contributed by atoms with E-state index in [2.05, 4.69) is 29.8 Å². The Morgan fingerprint density at radius 1 is 0.585 bits per heavy atom. The molecule has 0 heterocycles. The van der Waals surface area contributed by atoms with E-state index in [1.807, 2.05) is 0 Å². The number of carbonyl (C=O) groups excluding carboxylic acids is 3. The second-order valence-electron chi connectivity index (χ2n) is 10.9. The number of ether oxygens (including phenoxy) is 3. The Labute approximate surface area is 251 Å². The lowest BCUT2D eigenvalue weighted by Gasteiger charge is -2.18. The van der Waals surface area contributed by atoms with Gasteiger partial charge in [-0.1, -0.05) is 104 Å². The van der Waals surface area contributed by atoms with Crippen LogP contribution >= 0.6 is 0 Å². The zero-order valence-electron chi connectivity index (χ0n) is 26.7. The average Bonchev–Trinajstić information content (AvgIpc) is 2.97. The van der Waals surface area contributed by atoms with Crippen LogP contribution in [0.4, 0.5) is 0 Å². The van der Waals surface area contributed by atoms with Crippen LogP contribution in [0.5, 0.6) is 0 Å². The van der Waals surface area contributed by atoms with Crippen molar-refractivity contribution in [3.8, 4) is 0 Å². The predicted octanol–water partition coefficient (Wildman–Crippen LogP) is 5.44. The summed E-state index contributed by atoms with van der Waals surface area (Å²) in [7, 11) is 1.60. The molecule has 0 aliphatic heterocycles. The first kappa shape index (κ1) is 39.3. The van der Waals surface area contributed by atoms with E-state index in [4.69, 9.17) is 14.2 Å². The number of unbranched alkanes of at least 4 members (excludes halogenated alkanes) is 14. The fraction of sp³-hybridized carbons (Fsp3) is 0.906. The molecule has 0 radical (unpaired) electrons. The highest BCUT2D eigenvalue weighted by molar-refractivity contribution is 5.88. The second-order valence-corrected chi connectivity index (χ2v) is 10.9. The maximum absolute atomic E-state index is 12.9. The Bertz CT molecular complexity index is 620. The summed E-state index contributed by atoms with van der Waals surface area (Å²) in [5, 5.41) is 8.66. The van der Waals surface area contributed by atoms with Crippen LogP contribution in [0.25, 0.3) is 0 Å². The molecule has 3 N–H and O–H groups in total. The van der Waals surface area contributed by atoms with Gasteiger partial charge in [0, 0.05) is 26.6 Å². The third kappa shape index (κ3) is 28.2. The molecule has 0 rings (SSSR count). The highest BCUT2D eigenvalue weighted by Crippen LogP contribution is 2.09. The molecule has 0 unspecified atom stereocenters. The lowest BCUT2D eigenvalue weighted by atomic mass is 10.1. The summed E-state index contributed by atoms with van der Waals surface area (Å²) in [6.45, 7) is 7.09. The highest BCUT2D eigenvalue weighted by Gasteiger charge is 2.21. The third-order valence-electron chi connectivity index (χ3n) is 7.03. The number of nitrogens with one attached hydrogen (secondary N) is 3. The third-order valence-corrected chi connectivity index (χ3v) is 7.03. The van der Waals surface area contributed by atoms with Gasteiger partial charge in [0.1, 0.15) is 12.6 Å². The molecule has 0 aromatic carbocycles. The number of carbonyl (C=O) groups is 3. The molecule has 9 nitrogen and oxygen atoms in total. The fourth-order valence-corrected chi connectivity index (χ4v) is 4.48. The van der Waals surface area contributed by atoms with Gasteiger partial charge < -0.3 is 30.2 Å². The van der Waals surface area contributed by atoms with Crippen molar-refractivity contribution in [1.29, 1.82) is 0 Å². The molecule has 0 aliphatic carbocycles. The molecular weight excluding hydrogens is 522 g/mol. The van der Waals surface area contributed by atoms with Crippen molar-refractivity contribution in [2.75, 3.05) is 53.2 Å². The number of hydrogen-bond acceptors (Lipinski definition) is 6. The van der Waals surface area contributed by atoms with Crippen LogP contribution in [0.15, 0.2) is 0 Å². The van der Waals surface area contributed by atoms with E-state index in [1.54, 1.807) is 7.11 Å². The quantitative estimate of drug-likeness (QED) is 0.0933. The summed E-state index contributed by atoms with van der Waals surface area (Å²) in [4.78, 5) is 37.7. The standard InChI is InChI=1S/C32H63N3O6/c1-4-6-8-10-12-14-16-18-22-33-30(36)21-20-29(35-31(37)28-41-27-26-40-25-24-39-3)32(38)34-23-19-17-15-13-11-9-7-5-2/h29H,4-28H2,1-3H3,(H,33,36)(H,34,38)(H,35,37)/t29-/m0/s1. The summed E-state index contributed by atoms with van der Waals surface area (Å²) >= 11 is 0. The summed E-state index contributed by atoms with van der Waals surface area (Å²) in [6.07, 6.45) is 19.7. The van der Waals surface area contributed by atoms with E-state index in [-0.39, 0.29) is 43.8 Å². The molecule has 9 heteroatoms. The van der Waals surface area contributed by atoms with Crippen molar-refractivity contribution in [1.82, 2.24) is 16.0 Å². The zero-order chi connectivity index (χ0) is 30.2. The molecule has 0 bridgehead atoms. The molecule has 0 aromatic rings. The topological polar surface area (TPSA) is 115 Å². The van der Waals surface area contributed by atoms with Gasteiger partial charge >= 0.3 is 0 Å². The van der Waals surface area contributed by atoms with Crippen molar-refractivity contribution in [2.45, 2.75) is 135 Å². The van der Waals surface area contributed by atoms with Gasteiger partial charge in [-0.25, -0.2) is 0 Å². The predicted molar refractivity (Wildman–Crippen MR) is 166 cm³/mol. The van der Waals surface area contributed by atoms with Gasteiger partial charge in [0.2, 0.25) is 17.7 Å². The van der Waals surface area contributed by atoms with Crippen molar-refractivity contribution in [2.24, 2.45) is 0 Å². The summed E-state index contributed by atoms with van der Waals surface area (Å²) in [5.41, 5.74) is 0. The minimum absolute atomic E-state index is 0.0903. The Morgan fingerprint density at radius 3 is 1.63 bits per heavy atom. The largest absolute Gasteiger partial charge is 0.382 e. The second kappa shape index (κ2) is 31.2. The van der Waals surface area contributed by atoms with Crippen LogP contribution in [0.2, 0.25) is 0 Å². The minimum atomic E-state index is -0.771.